The lowest BCUT2D eigenvalue weighted by Crippen LogP contribution is -2.33. The van der Waals surface area contributed by atoms with E-state index in [0.29, 0.717) is 0 Å². The Kier molecular flexibility index (Phi) is 5.76. The van der Waals surface area contributed by atoms with E-state index in [1.54, 1.807) is 6.08 Å². The minimum atomic E-state index is 0.0730. The third kappa shape index (κ3) is 3.88. The molecule has 0 amide bonds. The van der Waals surface area contributed by atoms with E-state index in [-0.39, 0.29) is 10.8 Å². The van der Waals surface area contributed by atoms with Crippen LogP contribution in [0.1, 0.15) is 53.5 Å². The normalized spacial score (nSPS) is 13.4. The van der Waals surface area contributed by atoms with Gasteiger partial charge in [0.2, 0.25) is 0 Å². The lowest BCUT2D eigenvalue weighted by molar-refractivity contribution is 0.225. The zero-order chi connectivity index (χ0) is 17.0. The fraction of sp³-hybridized carbons (Fsp3) is 0.450. The standard InChI is InChI=1S/C20H30N2/c1-8-15(14-21)18(9-2)22-17-12-10-11-16(13-17)20(6,7)19(3,4)5/h8,10-14,21-22H,1,9H2,2-7H3/b18-15-,21-14?. The smallest absolute Gasteiger partial charge is 0.0384 e. The van der Waals surface area contributed by atoms with Crippen molar-refractivity contribution >= 4 is 11.9 Å². The Morgan fingerprint density at radius 3 is 2.32 bits per heavy atom. The molecule has 0 bridgehead atoms. The third-order valence-electron chi connectivity index (χ3n) is 4.83. The summed E-state index contributed by atoms with van der Waals surface area (Å²) in [5.74, 6) is 0. The van der Waals surface area contributed by atoms with E-state index in [4.69, 9.17) is 5.41 Å². The van der Waals surface area contributed by atoms with Gasteiger partial charge in [0.25, 0.3) is 0 Å². The summed E-state index contributed by atoms with van der Waals surface area (Å²) in [7, 11) is 0. The summed E-state index contributed by atoms with van der Waals surface area (Å²) in [6, 6.07) is 8.57. The first-order valence-corrected chi connectivity index (χ1v) is 7.91. The maximum atomic E-state index is 7.49. The van der Waals surface area contributed by atoms with Gasteiger partial charge in [0.15, 0.2) is 0 Å². The van der Waals surface area contributed by atoms with Crippen LogP contribution in [0.25, 0.3) is 0 Å². The Labute approximate surface area is 135 Å². The van der Waals surface area contributed by atoms with Gasteiger partial charge in [0.1, 0.15) is 0 Å². The van der Waals surface area contributed by atoms with Crippen molar-refractivity contribution in [3.8, 4) is 0 Å². The maximum absolute atomic E-state index is 7.49. The van der Waals surface area contributed by atoms with Crippen LogP contribution >= 0.6 is 0 Å². The molecule has 2 nitrogen and oxygen atoms in total. The summed E-state index contributed by atoms with van der Waals surface area (Å²) in [6.07, 6.45) is 3.91. The van der Waals surface area contributed by atoms with Crippen molar-refractivity contribution in [2.24, 2.45) is 5.41 Å². The van der Waals surface area contributed by atoms with Crippen LogP contribution in [0.2, 0.25) is 0 Å². The third-order valence-corrected chi connectivity index (χ3v) is 4.83. The second-order valence-corrected chi connectivity index (χ2v) is 7.22. The molecule has 0 heterocycles. The van der Waals surface area contributed by atoms with Crippen molar-refractivity contribution in [2.75, 3.05) is 5.32 Å². The first kappa shape index (κ1) is 18.2. The zero-order valence-electron chi connectivity index (χ0n) is 14.9. The fourth-order valence-corrected chi connectivity index (χ4v) is 2.23. The predicted molar refractivity (Wildman–Crippen MR) is 98.8 cm³/mol. The van der Waals surface area contributed by atoms with Gasteiger partial charge < -0.3 is 10.7 Å². The van der Waals surface area contributed by atoms with Gasteiger partial charge in [-0.25, -0.2) is 0 Å². The first-order chi connectivity index (χ1) is 10.2. The molecule has 1 aromatic rings. The summed E-state index contributed by atoms with van der Waals surface area (Å²) in [4.78, 5) is 0. The maximum Gasteiger partial charge on any atom is 0.0384 e. The van der Waals surface area contributed by atoms with E-state index >= 15 is 0 Å². The lowest BCUT2D eigenvalue weighted by atomic mass is 9.65. The number of nitrogens with one attached hydrogen (secondary N) is 2. The number of rotatable bonds is 6. The van der Waals surface area contributed by atoms with Crippen LogP contribution in [0.3, 0.4) is 0 Å². The molecule has 22 heavy (non-hydrogen) atoms. The Morgan fingerprint density at radius 2 is 1.86 bits per heavy atom. The predicted octanol–water partition coefficient (Wildman–Crippen LogP) is 5.92. The molecule has 0 aliphatic rings. The van der Waals surface area contributed by atoms with Crippen LogP contribution in [0.4, 0.5) is 5.69 Å². The van der Waals surface area contributed by atoms with Crippen LogP contribution in [-0.2, 0) is 5.41 Å². The molecule has 1 aromatic carbocycles. The molecular formula is C20H30N2. The number of hydrogen-bond donors (Lipinski definition) is 2. The molecule has 0 saturated carbocycles. The van der Waals surface area contributed by atoms with Gasteiger partial charge in [-0.1, -0.05) is 66.3 Å². The summed E-state index contributed by atoms with van der Waals surface area (Å²) in [5.41, 5.74) is 4.49. The Morgan fingerprint density at radius 1 is 1.23 bits per heavy atom. The molecule has 0 atom stereocenters. The van der Waals surface area contributed by atoms with Crippen molar-refractivity contribution in [1.82, 2.24) is 0 Å². The molecule has 2 heteroatoms. The Hall–Kier alpha value is -1.83. The molecule has 0 spiro atoms. The summed E-state index contributed by atoms with van der Waals surface area (Å²) >= 11 is 0. The van der Waals surface area contributed by atoms with E-state index in [2.05, 4.69) is 77.7 Å². The van der Waals surface area contributed by atoms with E-state index in [1.165, 1.54) is 11.8 Å². The second-order valence-electron chi connectivity index (χ2n) is 7.22. The second kappa shape index (κ2) is 6.95. The van der Waals surface area contributed by atoms with Gasteiger partial charge in [-0.2, -0.15) is 0 Å². The number of benzene rings is 1. The van der Waals surface area contributed by atoms with Crippen molar-refractivity contribution < 1.29 is 0 Å². The summed E-state index contributed by atoms with van der Waals surface area (Å²) < 4.78 is 0. The van der Waals surface area contributed by atoms with Gasteiger partial charge in [-0.15, -0.1) is 0 Å². The SMILES string of the molecule is C=C/C(C=N)=C(\CC)Nc1cccc(C(C)(C)C(C)(C)C)c1. The Balaban J connectivity index is 3.21. The van der Waals surface area contributed by atoms with Crippen molar-refractivity contribution in [1.29, 1.82) is 5.41 Å². The zero-order valence-corrected chi connectivity index (χ0v) is 14.9. The molecule has 0 aromatic heterocycles. The van der Waals surface area contributed by atoms with Gasteiger partial charge in [0.05, 0.1) is 0 Å². The summed E-state index contributed by atoms with van der Waals surface area (Å²) in [6.45, 7) is 17.3. The van der Waals surface area contributed by atoms with Gasteiger partial charge >= 0.3 is 0 Å². The van der Waals surface area contributed by atoms with Crippen molar-refractivity contribution in [2.45, 2.75) is 53.4 Å². The molecule has 0 fully saturated rings. The molecule has 1 rings (SSSR count). The molecule has 0 saturated heterocycles. The highest BCUT2D eigenvalue weighted by Crippen LogP contribution is 2.41. The number of allylic oxidation sites excluding steroid dienone is 3. The average Bonchev–Trinajstić information content (AvgIpc) is 2.46. The molecule has 0 aliphatic heterocycles. The molecule has 120 valence electrons. The highest BCUT2D eigenvalue weighted by Gasteiger charge is 2.34. The van der Waals surface area contributed by atoms with E-state index in [1.807, 2.05) is 0 Å². The lowest BCUT2D eigenvalue weighted by Gasteiger charge is -2.39. The topological polar surface area (TPSA) is 35.9 Å². The minimum Gasteiger partial charge on any atom is -0.358 e. The van der Waals surface area contributed by atoms with Crippen LogP contribution in [-0.4, -0.2) is 6.21 Å². The van der Waals surface area contributed by atoms with Crippen molar-refractivity contribution in [3.63, 3.8) is 0 Å². The van der Waals surface area contributed by atoms with Crippen LogP contribution in [0, 0.1) is 10.8 Å². The van der Waals surface area contributed by atoms with Gasteiger partial charge in [0, 0.05) is 23.2 Å². The molecule has 0 radical (unpaired) electrons. The van der Waals surface area contributed by atoms with Crippen molar-refractivity contribution in [3.05, 3.63) is 53.8 Å². The van der Waals surface area contributed by atoms with Crippen LogP contribution in [0.5, 0.6) is 0 Å². The molecule has 2 N–H and O–H groups in total. The van der Waals surface area contributed by atoms with Gasteiger partial charge in [-0.3, -0.25) is 0 Å². The average molecular weight is 298 g/mol. The number of hydrogen-bond acceptors (Lipinski definition) is 2. The molecular weight excluding hydrogens is 268 g/mol. The first-order valence-electron chi connectivity index (χ1n) is 7.91. The van der Waals surface area contributed by atoms with Gasteiger partial charge in [-0.05, 0) is 34.9 Å². The molecule has 0 unspecified atom stereocenters. The van der Waals surface area contributed by atoms with E-state index in [0.717, 1.165) is 23.4 Å². The minimum absolute atomic E-state index is 0.0730. The Bertz CT molecular complexity index is 562. The van der Waals surface area contributed by atoms with E-state index < -0.39 is 0 Å². The summed E-state index contributed by atoms with van der Waals surface area (Å²) in [5, 5.41) is 10.9. The molecule has 0 aliphatic carbocycles. The quantitative estimate of drug-likeness (QED) is 0.496. The fourth-order valence-electron chi connectivity index (χ4n) is 2.23. The largest absolute Gasteiger partial charge is 0.358 e. The van der Waals surface area contributed by atoms with Crippen LogP contribution in [0.15, 0.2) is 48.2 Å². The van der Waals surface area contributed by atoms with Crippen LogP contribution < -0.4 is 5.32 Å². The van der Waals surface area contributed by atoms with E-state index in [9.17, 15) is 0 Å². The highest BCUT2D eigenvalue weighted by molar-refractivity contribution is 5.81. The highest BCUT2D eigenvalue weighted by atomic mass is 14.9. The number of anilines is 1. The monoisotopic (exact) mass is 298 g/mol.